The fraction of sp³-hybridized carbons (Fsp3) is 0.312. The van der Waals surface area contributed by atoms with Gasteiger partial charge in [-0.05, 0) is 23.8 Å². The van der Waals surface area contributed by atoms with Crippen molar-refractivity contribution in [1.29, 1.82) is 0 Å². The van der Waals surface area contributed by atoms with Crippen molar-refractivity contribution in [2.45, 2.75) is 25.4 Å². The summed E-state index contributed by atoms with van der Waals surface area (Å²) in [6.45, 7) is 0.838. The Labute approximate surface area is 131 Å². The van der Waals surface area contributed by atoms with Gasteiger partial charge in [-0.3, -0.25) is 4.79 Å². The van der Waals surface area contributed by atoms with Crippen molar-refractivity contribution < 1.29 is 19.4 Å². The van der Waals surface area contributed by atoms with E-state index < -0.39 is 12.0 Å². The maximum absolute atomic E-state index is 12.8. The number of benzene rings is 1. The number of nitrogens with zero attached hydrogens (tertiary/aromatic N) is 2. The number of aromatic amines is 1. The van der Waals surface area contributed by atoms with Gasteiger partial charge in [-0.15, -0.1) is 0 Å². The third-order valence-corrected chi connectivity index (χ3v) is 4.38. The summed E-state index contributed by atoms with van der Waals surface area (Å²) in [7, 11) is 0. The zero-order valence-corrected chi connectivity index (χ0v) is 12.3. The van der Waals surface area contributed by atoms with Crippen LogP contribution in [0.25, 0.3) is 0 Å². The summed E-state index contributed by atoms with van der Waals surface area (Å²) in [6.07, 6.45) is 2.52. The lowest BCUT2D eigenvalue weighted by atomic mass is 10.0. The molecule has 0 saturated carbocycles. The lowest BCUT2D eigenvalue weighted by molar-refractivity contribution is -0.142. The summed E-state index contributed by atoms with van der Waals surface area (Å²) in [5.41, 5.74) is 2.98. The number of amides is 1. The van der Waals surface area contributed by atoms with Crippen LogP contribution >= 0.6 is 0 Å². The van der Waals surface area contributed by atoms with Crippen molar-refractivity contribution in [1.82, 2.24) is 14.9 Å². The van der Waals surface area contributed by atoms with E-state index in [4.69, 9.17) is 4.74 Å². The first kappa shape index (κ1) is 13.8. The van der Waals surface area contributed by atoms with E-state index >= 15 is 0 Å². The van der Waals surface area contributed by atoms with E-state index in [2.05, 4.69) is 9.97 Å². The van der Waals surface area contributed by atoms with Crippen molar-refractivity contribution in [2.24, 2.45) is 0 Å². The van der Waals surface area contributed by atoms with Crippen LogP contribution in [0.1, 0.15) is 27.3 Å². The summed E-state index contributed by atoms with van der Waals surface area (Å²) >= 11 is 0. The van der Waals surface area contributed by atoms with Crippen LogP contribution in [0, 0.1) is 0 Å². The molecular formula is C16H15N3O4. The predicted octanol–water partition coefficient (Wildman–Crippen LogP) is 0.996. The first-order valence-electron chi connectivity index (χ1n) is 7.44. The second-order valence-electron chi connectivity index (χ2n) is 5.74. The molecule has 1 aromatic carbocycles. The molecule has 0 spiro atoms. The molecule has 118 valence electrons. The Kier molecular flexibility index (Phi) is 3.07. The number of fused-ring (bicyclic) bond motifs is 2. The zero-order chi connectivity index (χ0) is 16.0. The molecule has 2 aliphatic rings. The predicted molar refractivity (Wildman–Crippen MR) is 79.2 cm³/mol. The van der Waals surface area contributed by atoms with Gasteiger partial charge in [-0.25, -0.2) is 9.78 Å². The summed E-state index contributed by atoms with van der Waals surface area (Å²) in [5.74, 6) is -0.505. The number of H-pyrrole nitrogens is 1. The minimum absolute atomic E-state index is 0.216. The highest BCUT2D eigenvalue weighted by molar-refractivity contribution is 5.97. The molecule has 4 rings (SSSR count). The average molecular weight is 313 g/mol. The fourth-order valence-electron chi connectivity index (χ4n) is 3.16. The molecule has 0 fully saturated rings. The molecule has 23 heavy (non-hydrogen) atoms. The number of nitrogens with one attached hydrogen (secondary N) is 1. The van der Waals surface area contributed by atoms with Gasteiger partial charge in [0.15, 0.2) is 0 Å². The van der Waals surface area contributed by atoms with Gasteiger partial charge in [-0.1, -0.05) is 0 Å². The Bertz CT molecular complexity index is 798. The summed E-state index contributed by atoms with van der Waals surface area (Å²) in [4.78, 5) is 32.9. The first-order chi connectivity index (χ1) is 11.1. The van der Waals surface area contributed by atoms with Gasteiger partial charge in [0.1, 0.15) is 11.8 Å². The number of ether oxygens (including phenoxy) is 1. The smallest absolute Gasteiger partial charge is 0.326 e. The second-order valence-corrected chi connectivity index (χ2v) is 5.74. The van der Waals surface area contributed by atoms with Crippen LogP contribution in [0.15, 0.2) is 24.5 Å². The topological polar surface area (TPSA) is 95.5 Å². The largest absolute Gasteiger partial charge is 0.493 e. The standard InChI is InChI=1S/C16H15N3O4/c20-15(10-1-2-14-9(5-10)3-4-23-14)19-7-12-11(17-8-18-12)6-13(19)16(21)22/h1-2,5,8,13H,3-4,6-7H2,(H,17,18)(H,21,22). The third kappa shape index (κ3) is 2.25. The van der Waals surface area contributed by atoms with E-state index in [-0.39, 0.29) is 18.9 Å². The molecule has 0 radical (unpaired) electrons. The second kappa shape index (κ2) is 5.12. The lowest BCUT2D eigenvalue weighted by Gasteiger charge is -2.32. The van der Waals surface area contributed by atoms with Crippen molar-refractivity contribution in [3.05, 3.63) is 47.0 Å². The molecule has 1 amide bonds. The number of rotatable bonds is 2. The number of carbonyl (C=O) groups excluding carboxylic acids is 1. The highest BCUT2D eigenvalue weighted by Crippen LogP contribution is 2.28. The molecule has 2 aliphatic heterocycles. The first-order valence-corrected chi connectivity index (χ1v) is 7.44. The van der Waals surface area contributed by atoms with Crippen LogP contribution in [-0.4, -0.2) is 44.5 Å². The third-order valence-electron chi connectivity index (χ3n) is 4.38. The normalized spacial score (nSPS) is 19.0. The van der Waals surface area contributed by atoms with Crippen LogP contribution in [0.5, 0.6) is 5.75 Å². The van der Waals surface area contributed by atoms with Crippen LogP contribution < -0.4 is 4.74 Å². The Balaban J connectivity index is 1.67. The summed E-state index contributed by atoms with van der Waals surface area (Å²) < 4.78 is 5.44. The van der Waals surface area contributed by atoms with E-state index in [0.29, 0.717) is 17.9 Å². The number of hydrogen-bond donors (Lipinski definition) is 2. The highest BCUT2D eigenvalue weighted by atomic mass is 16.5. The Morgan fingerprint density at radius 3 is 3.09 bits per heavy atom. The highest BCUT2D eigenvalue weighted by Gasteiger charge is 2.36. The number of carbonyl (C=O) groups is 2. The van der Waals surface area contributed by atoms with Crippen molar-refractivity contribution in [3.63, 3.8) is 0 Å². The molecule has 2 N–H and O–H groups in total. The van der Waals surface area contributed by atoms with Crippen molar-refractivity contribution in [2.75, 3.05) is 6.61 Å². The number of aliphatic carboxylic acids is 1. The Hall–Kier alpha value is -2.83. The maximum Gasteiger partial charge on any atom is 0.326 e. The van der Waals surface area contributed by atoms with E-state index in [0.717, 1.165) is 23.4 Å². The Morgan fingerprint density at radius 1 is 1.39 bits per heavy atom. The van der Waals surface area contributed by atoms with Crippen molar-refractivity contribution in [3.8, 4) is 5.75 Å². The van der Waals surface area contributed by atoms with Crippen LogP contribution in [0.2, 0.25) is 0 Å². The molecular weight excluding hydrogens is 298 g/mol. The molecule has 1 aromatic heterocycles. The number of hydrogen-bond acceptors (Lipinski definition) is 4. The quantitative estimate of drug-likeness (QED) is 0.862. The van der Waals surface area contributed by atoms with Gasteiger partial charge < -0.3 is 19.7 Å². The van der Waals surface area contributed by atoms with Gasteiger partial charge in [-0.2, -0.15) is 0 Å². The molecule has 1 atom stereocenters. The number of aromatic nitrogens is 2. The molecule has 7 heteroatoms. The van der Waals surface area contributed by atoms with E-state index in [1.807, 2.05) is 0 Å². The fourth-order valence-corrected chi connectivity index (χ4v) is 3.16. The number of carboxylic acid groups (broad SMARTS) is 1. The molecule has 0 aliphatic carbocycles. The maximum atomic E-state index is 12.8. The van der Waals surface area contributed by atoms with Gasteiger partial charge in [0.05, 0.1) is 30.9 Å². The van der Waals surface area contributed by atoms with Crippen LogP contribution in [-0.2, 0) is 24.2 Å². The lowest BCUT2D eigenvalue weighted by Crippen LogP contribution is -2.48. The summed E-state index contributed by atoms with van der Waals surface area (Å²) in [6, 6.07) is 4.36. The van der Waals surface area contributed by atoms with Gasteiger partial charge >= 0.3 is 5.97 Å². The Morgan fingerprint density at radius 2 is 2.26 bits per heavy atom. The van der Waals surface area contributed by atoms with Gasteiger partial charge in [0.25, 0.3) is 5.91 Å². The van der Waals surface area contributed by atoms with E-state index in [9.17, 15) is 14.7 Å². The minimum Gasteiger partial charge on any atom is -0.493 e. The van der Waals surface area contributed by atoms with Crippen molar-refractivity contribution >= 4 is 11.9 Å². The van der Waals surface area contributed by atoms with Gasteiger partial charge in [0, 0.05) is 18.4 Å². The van der Waals surface area contributed by atoms with Gasteiger partial charge in [0.2, 0.25) is 0 Å². The van der Waals surface area contributed by atoms with Crippen LogP contribution in [0.3, 0.4) is 0 Å². The minimum atomic E-state index is -1.02. The van der Waals surface area contributed by atoms with E-state index in [1.165, 1.54) is 11.2 Å². The number of carboxylic acids is 1. The number of imidazole rings is 1. The molecule has 0 bridgehead atoms. The molecule has 2 aromatic rings. The molecule has 1 unspecified atom stereocenters. The zero-order valence-electron chi connectivity index (χ0n) is 12.3. The average Bonchev–Trinajstić information content (AvgIpc) is 3.20. The molecule has 7 nitrogen and oxygen atoms in total. The summed E-state index contributed by atoms with van der Waals surface area (Å²) in [5, 5.41) is 9.47. The van der Waals surface area contributed by atoms with Crippen LogP contribution in [0.4, 0.5) is 0 Å². The van der Waals surface area contributed by atoms with E-state index in [1.54, 1.807) is 18.2 Å². The SMILES string of the molecule is O=C(O)C1Cc2nc[nH]c2CN1C(=O)c1ccc2c(c1)CCO2. The monoisotopic (exact) mass is 313 g/mol. The molecule has 3 heterocycles. The molecule has 0 saturated heterocycles.